The van der Waals surface area contributed by atoms with E-state index in [1.165, 1.54) is 10.7 Å². The summed E-state index contributed by atoms with van der Waals surface area (Å²) < 4.78 is 22.7. The number of H-pyrrole nitrogens is 1. The molecule has 10 heteroatoms. The highest BCUT2D eigenvalue weighted by Crippen LogP contribution is 2.42. The maximum absolute atomic E-state index is 15.4. The number of aryl methyl sites for hydroxylation is 1. The third kappa shape index (κ3) is 3.63. The molecule has 8 nitrogen and oxygen atoms in total. The van der Waals surface area contributed by atoms with Crippen LogP contribution in [0.25, 0.3) is 33.3 Å². The van der Waals surface area contributed by atoms with E-state index in [-0.39, 0.29) is 40.1 Å². The summed E-state index contributed by atoms with van der Waals surface area (Å²) in [4.78, 5) is 19.3. The fourth-order valence-electron chi connectivity index (χ4n) is 3.79. The van der Waals surface area contributed by atoms with E-state index in [1.807, 2.05) is 0 Å². The predicted octanol–water partition coefficient (Wildman–Crippen LogP) is 3.65. The fourth-order valence-corrected chi connectivity index (χ4v) is 3.99. The maximum Gasteiger partial charge on any atom is 0.258 e. The largest absolute Gasteiger partial charge is 0.489 e. The van der Waals surface area contributed by atoms with Crippen LogP contribution in [-0.4, -0.2) is 25.9 Å². The minimum absolute atomic E-state index is 0.00104. The second kappa shape index (κ2) is 7.99. The molecule has 5 rings (SSSR count). The number of nitrogens with one attached hydrogen (secondary N) is 1. The molecule has 1 saturated carbocycles. The Bertz CT molecular complexity index is 1520. The zero-order chi connectivity index (χ0) is 23.3. The fraction of sp³-hybridized carbons (Fsp3) is 0.217. The van der Waals surface area contributed by atoms with Crippen molar-refractivity contribution in [3.8, 4) is 34.2 Å². The molecule has 0 saturated heterocycles. The Balaban J connectivity index is 1.74. The first-order valence-corrected chi connectivity index (χ1v) is 10.6. The third-order valence-corrected chi connectivity index (χ3v) is 5.82. The van der Waals surface area contributed by atoms with E-state index in [2.05, 4.69) is 21.1 Å². The summed E-state index contributed by atoms with van der Waals surface area (Å²) in [6.45, 7) is 0.0799. The van der Waals surface area contributed by atoms with Gasteiger partial charge < -0.3 is 15.5 Å². The molecule has 1 fully saturated rings. The van der Waals surface area contributed by atoms with Crippen molar-refractivity contribution in [3.05, 3.63) is 63.0 Å². The van der Waals surface area contributed by atoms with E-state index in [9.17, 15) is 10.1 Å². The zero-order valence-corrected chi connectivity index (χ0v) is 18.3. The Morgan fingerprint density at radius 1 is 1.39 bits per heavy atom. The first-order chi connectivity index (χ1) is 15.9. The van der Waals surface area contributed by atoms with E-state index in [0.29, 0.717) is 33.5 Å². The lowest BCUT2D eigenvalue weighted by Gasteiger charge is -2.15. The van der Waals surface area contributed by atoms with Gasteiger partial charge in [-0.3, -0.25) is 9.48 Å². The van der Waals surface area contributed by atoms with E-state index >= 15 is 4.39 Å². The predicted molar refractivity (Wildman–Crippen MR) is 121 cm³/mol. The van der Waals surface area contributed by atoms with Gasteiger partial charge in [0.2, 0.25) is 0 Å². The van der Waals surface area contributed by atoms with Crippen molar-refractivity contribution in [3.63, 3.8) is 0 Å². The van der Waals surface area contributed by atoms with E-state index in [0.717, 1.165) is 12.8 Å². The third-order valence-electron chi connectivity index (χ3n) is 5.55. The number of ether oxygens (including phenoxy) is 1. The number of hydrogen-bond acceptors (Lipinski definition) is 6. The molecule has 2 heterocycles. The highest BCUT2D eigenvalue weighted by molar-refractivity contribution is 6.31. The van der Waals surface area contributed by atoms with Gasteiger partial charge in [0.1, 0.15) is 23.2 Å². The number of rotatable bonds is 5. The maximum atomic E-state index is 15.4. The van der Waals surface area contributed by atoms with Crippen LogP contribution in [0.5, 0.6) is 5.75 Å². The molecule has 2 aromatic heterocycles. The molecule has 3 N–H and O–H groups in total. The Kier molecular flexibility index (Phi) is 5.12. The van der Waals surface area contributed by atoms with E-state index in [4.69, 9.17) is 22.1 Å². The van der Waals surface area contributed by atoms with Crippen LogP contribution < -0.4 is 16.0 Å². The molecule has 0 aliphatic heterocycles. The lowest BCUT2D eigenvalue weighted by molar-refractivity contribution is 0.302. The van der Waals surface area contributed by atoms with E-state index in [1.54, 1.807) is 31.4 Å². The molecule has 2 aromatic carbocycles. The summed E-state index contributed by atoms with van der Waals surface area (Å²) in [7, 11) is 1.65. The first kappa shape index (κ1) is 21.1. The van der Waals surface area contributed by atoms with Crippen LogP contribution in [0, 0.1) is 17.1 Å². The Morgan fingerprint density at radius 3 is 2.88 bits per heavy atom. The summed E-state index contributed by atoms with van der Waals surface area (Å²) in [5, 5.41) is 14.4. The standard InChI is InChI=1S/C23H18ClFN6O2/c1-31-22(20-14(8-26)18(33-12-3-4-12)7-16(24)21(20)25)15(10-28-31)11-2-5-13-17(6-11)29-19(9-27)30-23(13)32/h2,5-7,10,12H,3-4,9,27H2,1H3,(H,29,30,32). The lowest BCUT2D eigenvalue weighted by atomic mass is 9.96. The molecular weight excluding hydrogens is 447 g/mol. The molecule has 0 amide bonds. The average molecular weight is 465 g/mol. The van der Waals surface area contributed by atoms with Gasteiger partial charge in [0.25, 0.3) is 5.56 Å². The number of nitrogens with two attached hydrogens (primary N) is 1. The number of aromatic amines is 1. The first-order valence-electron chi connectivity index (χ1n) is 10.3. The molecule has 0 bridgehead atoms. The Morgan fingerprint density at radius 2 is 2.18 bits per heavy atom. The monoisotopic (exact) mass is 464 g/mol. The van der Waals surface area contributed by atoms with Crippen LogP contribution in [0.2, 0.25) is 5.02 Å². The van der Waals surface area contributed by atoms with Gasteiger partial charge in [-0.2, -0.15) is 10.4 Å². The van der Waals surface area contributed by atoms with Crippen molar-refractivity contribution >= 4 is 22.5 Å². The Hall–Kier alpha value is -3.74. The molecule has 0 spiro atoms. The minimum atomic E-state index is -0.734. The van der Waals surface area contributed by atoms with Crippen LogP contribution in [0.4, 0.5) is 4.39 Å². The van der Waals surface area contributed by atoms with Gasteiger partial charge in [-0.05, 0) is 30.5 Å². The van der Waals surface area contributed by atoms with Crippen molar-refractivity contribution in [2.75, 3.05) is 0 Å². The number of benzene rings is 2. The van der Waals surface area contributed by atoms with Crippen molar-refractivity contribution in [2.45, 2.75) is 25.5 Å². The van der Waals surface area contributed by atoms with Gasteiger partial charge in [0.05, 0.1) is 46.0 Å². The highest BCUT2D eigenvalue weighted by atomic mass is 35.5. The van der Waals surface area contributed by atoms with Crippen LogP contribution in [-0.2, 0) is 13.6 Å². The molecule has 1 aliphatic carbocycles. The number of halogens is 2. The van der Waals surface area contributed by atoms with E-state index < -0.39 is 5.82 Å². The summed E-state index contributed by atoms with van der Waals surface area (Å²) in [6.07, 6.45) is 3.32. The average Bonchev–Trinajstić information content (AvgIpc) is 3.54. The molecule has 4 aromatic rings. The zero-order valence-electron chi connectivity index (χ0n) is 17.5. The van der Waals surface area contributed by atoms with Crippen molar-refractivity contribution in [2.24, 2.45) is 12.8 Å². The van der Waals surface area contributed by atoms with Gasteiger partial charge in [-0.1, -0.05) is 17.7 Å². The van der Waals surface area contributed by atoms with Crippen molar-refractivity contribution < 1.29 is 9.13 Å². The number of hydrogen-bond donors (Lipinski definition) is 2. The van der Waals surface area contributed by atoms with Gasteiger partial charge >= 0.3 is 0 Å². The second-order valence-corrected chi connectivity index (χ2v) is 8.24. The molecule has 0 unspecified atom stereocenters. The summed E-state index contributed by atoms with van der Waals surface area (Å²) in [6, 6.07) is 8.48. The van der Waals surface area contributed by atoms with Gasteiger partial charge in [-0.25, -0.2) is 9.37 Å². The lowest BCUT2D eigenvalue weighted by Crippen LogP contribution is -2.14. The SMILES string of the molecule is Cn1ncc(-c2ccc3c(=O)[nH]c(CN)nc3c2)c1-c1c(F)c(Cl)cc(OC2CC2)c1C#N. The number of nitrogens with zero attached hydrogens (tertiary/aromatic N) is 4. The topological polar surface area (TPSA) is 123 Å². The normalized spacial score (nSPS) is 13.3. The number of aromatic nitrogens is 4. The summed E-state index contributed by atoms with van der Waals surface area (Å²) in [5.74, 6) is -0.139. The van der Waals surface area contributed by atoms with Crippen LogP contribution in [0.15, 0.2) is 35.3 Å². The van der Waals surface area contributed by atoms with Gasteiger partial charge in [0.15, 0.2) is 5.82 Å². The number of fused-ring (bicyclic) bond motifs is 1. The Labute approximate surface area is 192 Å². The minimum Gasteiger partial charge on any atom is -0.489 e. The highest BCUT2D eigenvalue weighted by Gasteiger charge is 2.29. The smallest absolute Gasteiger partial charge is 0.258 e. The van der Waals surface area contributed by atoms with Gasteiger partial charge in [-0.15, -0.1) is 0 Å². The molecule has 1 aliphatic rings. The number of nitriles is 1. The summed E-state index contributed by atoms with van der Waals surface area (Å²) >= 11 is 6.19. The van der Waals surface area contributed by atoms with Crippen LogP contribution in [0.3, 0.4) is 0 Å². The van der Waals surface area contributed by atoms with Gasteiger partial charge in [0, 0.05) is 18.7 Å². The quantitative estimate of drug-likeness (QED) is 0.464. The van der Waals surface area contributed by atoms with Crippen molar-refractivity contribution in [1.29, 1.82) is 5.26 Å². The van der Waals surface area contributed by atoms with Crippen molar-refractivity contribution in [1.82, 2.24) is 19.7 Å². The van der Waals surface area contributed by atoms with Crippen LogP contribution >= 0.6 is 11.6 Å². The molecule has 0 atom stereocenters. The van der Waals surface area contributed by atoms with Crippen LogP contribution in [0.1, 0.15) is 24.2 Å². The molecule has 0 radical (unpaired) electrons. The summed E-state index contributed by atoms with van der Waals surface area (Å²) in [5.41, 5.74) is 7.38. The second-order valence-electron chi connectivity index (χ2n) is 7.83. The molecule has 166 valence electrons. The molecule has 33 heavy (non-hydrogen) atoms. The molecular formula is C23H18ClFN6O2.